The van der Waals surface area contributed by atoms with Gasteiger partial charge in [0.15, 0.2) is 0 Å². The van der Waals surface area contributed by atoms with Gasteiger partial charge in [-0.05, 0) is 42.7 Å². The molecule has 3 aromatic rings. The fraction of sp³-hybridized carbons (Fsp3) is 0.360. The molecule has 1 aromatic carbocycles. The summed E-state index contributed by atoms with van der Waals surface area (Å²) in [7, 11) is 1.64. The van der Waals surface area contributed by atoms with Gasteiger partial charge in [0.05, 0.1) is 32.1 Å². The van der Waals surface area contributed by atoms with Crippen LogP contribution in [0.1, 0.15) is 34.9 Å². The van der Waals surface area contributed by atoms with Gasteiger partial charge in [0, 0.05) is 43.2 Å². The smallest absolute Gasteiger partial charge is 0.254 e. The van der Waals surface area contributed by atoms with Crippen molar-refractivity contribution in [3.8, 4) is 16.9 Å². The quantitative estimate of drug-likeness (QED) is 0.619. The molecular formula is C25H28N6O3. The van der Waals surface area contributed by atoms with Crippen LogP contribution < -0.4 is 15.4 Å². The first-order valence-electron chi connectivity index (χ1n) is 11.5. The number of anilines is 2. The monoisotopic (exact) mass is 460 g/mol. The summed E-state index contributed by atoms with van der Waals surface area (Å²) in [5.41, 5.74) is 9.14. The maximum atomic E-state index is 13.7. The van der Waals surface area contributed by atoms with Crippen LogP contribution in [0, 0.1) is 0 Å². The van der Waals surface area contributed by atoms with E-state index in [-0.39, 0.29) is 17.9 Å². The molecule has 4 heterocycles. The lowest BCUT2D eigenvalue weighted by molar-refractivity contribution is 0.0733. The third kappa shape index (κ3) is 4.38. The molecule has 0 saturated carbocycles. The number of nitrogen functional groups attached to an aromatic ring is 1. The Labute approximate surface area is 198 Å². The Morgan fingerprint density at radius 1 is 1.15 bits per heavy atom. The van der Waals surface area contributed by atoms with Crippen LogP contribution in [0.15, 0.2) is 48.8 Å². The van der Waals surface area contributed by atoms with Crippen LogP contribution in [0.2, 0.25) is 0 Å². The van der Waals surface area contributed by atoms with Crippen molar-refractivity contribution in [1.82, 2.24) is 19.9 Å². The van der Waals surface area contributed by atoms with Gasteiger partial charge < -0.3 is 25.0 Å². The summed E-state index contributed by atoms with van der Waals surface area (Å²) in [6.45, 7) is 3.51. The minimum Gasteiger partial charge on any atom is -0.497 e. The Morgan fingerprint density at radius 3 is 2.82 bits per heavy atom. The van der Waals surface area contributed by atoms with Crippen molar-refractivity contribution in [1.29, 1.82) is 0 Å². The number of rotatable bonds is 5. The van der Waals surface area contributed by atoms with Crippen molar-refractivity contribution in [2.24, 2.45) is 0 Å². The molecule has 0 spiro atoms. The number of pyridine rings is 1. The zero-order chi connectivity index (χ0) is 23.5. The maximum Gasteiger partial charge on any atom is 0.254 e. The molecule has 5 rings (SSSR count). The lowest BCUT2D eigenvalue weighted by atomic mass is 9.99. The molecule has 2 aliphatic rings. The number of likely N-dealkylation sites (tertiary alicyclic amines) is 1. The van der Waals surface area contributed by atoms with E-state index in [9.17, 15) is 4.79 Å². The van der Waals surface area contributed by atoms with Crippen LogP contribution in [0.4, 0.5) is 11.8 Å². The summed E-state index contributed by atoms with van der Waals surface area (Å²) in [4.78, 5) is 31.0. The largest absolute Gasteiger partial charge is 0.497 e. The number of morpholine rings is 1. The zero-order valence-corrected chi connectivity index (χ0v) is 19.2. The highest BCUT2D eigenvalue weighted by atomic mass is 16.5. The number of carbonyl (C=O) groups is 1. The minimum absolute atomic E-state index is 0.0341. The summed E-state index contributed by atoms with van der Waals surface area (Å²) in [5.74, 6) is 1.70. The van der Waals surface area contributed by atoms with Crippen molar-refractivity contribution in [2.45, 2.75) is 18.9 Å². The summed E-state index contributed by atoms with van der Waals surface area (Å²) in [5, 5.41) is 0. The number of hydrogen-bond acceptors (Lipinski definition) is 8. The molecule has 2 aliphatic heterocycles. The van der Waals surface area contributed by atoms with Gasteiger partial charge in [-0.25, -0.2) is 15.0 Å². The van der Waals surface area contributed by atoms with Gasteiger partial charge >= 0.3 is 0 Å². The molecule has 0 aliphatic carbocycles. The molecule has 2 N–H and O–H groups in total. The molecule has 34 heavy (non-hydrogen) atoms. The highest BCUT2D eigenvalue weighted by Crippen LogP contribution is 2.38. The van der Waals surface area contributed by atoms with E-state index in [1.54, 1.807) is 25.6 Å². The van der Waals surface area contributed by atoms with Gasteiger partial charge in [-0.2, -0.15) is 0 Å². The number of methoxy groups -OCH3 is 1. The minimum atomic E-state index is -0.195. The SMILES string of the molecule is COc1cccc(-c2cnc(N)nc2[C@H]2CCCN2C(=O)c2ccnc(N3CCOCC3)c2)c1. The number of amides is 1. The number of benzene rings is 1. The number of nitrogens with two attached hydrogens (primary N) is 1. The first-order chi connectivity index (χ1) is 16.6. The molecular weight excluding hydrogens is 432 g/mol. The van der Waals surface area contributed by atoms with Crippen molar-refractivity contribution in [2.75, 3.05) is 50.6 Å². The van der Waals surface area contributed by atoms with Crippen molar-refractivity contribution >= 4 is 17.7 Å². The van der Waals surface area contributed by atoms with Crippen LogP contribution >= 0.6 is 0 Å². The summed E-state index contributed by atoms with van der Waals surface area (Å²) in [6, 6.07) is 11.2. The van der Waals surface area contributed by atoms with Gasteiger partial charge in [-0.15, -0.1) is 0 Å². The van der Waals surface area contributed by atoms with E-state index >= 15 is 0 Å². The second kappa shape index (κ2) is 9.64. The molecule has 1 atom stereocenters. The molecule has 1 amide bonds. The highest BCUT2D eigenvalue weighted by Gasteiger charge is 2.34. The van der Waals surface area contributed by atoms with Crippen molar-refractivity contribution < 1.29 is 14.3 Å². The van der Waals surface area contributed by atoms with Gasteiger partial charge in [-0.1, -0.05) is 12.1 Å². The van der Waals surface area contributed by atoms with E-state index in [4.69, 9.17) is 15.2 Å². The summed E-state index contributed by atoms with van der Waals surface area (Å²) in [6.07, 6.45) is 5.13. The number of ether oxygens (including phenoxy) is 2. The maximum absolute atomic E-state index is 13.7. The third-order valence-electron chi connectivity index (χ3n) is 6.37. The van der Waals surface area contributed by atoms with Crippen molar-refractivity contribution in [3.63, 3.8) is 0 Å². The van der Waals surface area contributed by atoms with E-state index in [0.29, 0.717) is 25.3 Å². The molecule has 0 bridgehead atoms. The lowest BCUT2D eigenvalue weighted by Gasteiger charge is -2.29. The Kier molecular flexibility index (Phi) is 6.27. The van der Waals surface area contributed by atoms with Crippen LogP contribution in [0.3, 0.4) is 0 Å². The normalized spacial score (nSPS) is 18.2. The van der Waals surface area contributed by atoms with E-state index < -0.39 is 0 Å². The van der Waals surface area contributed by atoms with E-state index in [1.807, 2.05) is 35.2 Å². The first-order valence-corrected chi connectivity index (χ1v) is 11.5. The number of carbonyl (C=O) groups excluding carboxylic acids is 1. The van der Waals surface area contributed by atoms with Crippen LogP contribution in [0.5, 0.6) is 5.75 Å². The summed E-state index contributed by atoms with van der Waals surface area (Å²) < 4.78 is 10.8. The number of hydrogen-bond donors (Lipinski definition) is 1. The predicted octanol–water partition coefficient (Wildman–Crippen LogP) is 2.94. The first kappa shape index (κ1) is 22.1. The van der Waals surface area contributed by atoms with Crippen LogP contribution in [-0.2, 0) is 4.74 Å². The fourth-order valence-electron chi connectivity index (χ4n) is 4.65. The van der Waals surface area contributed by atoms with E-state index in [0.717, 1.165) is 54.3 Å². The molecule has 2 aromatic heterocycles. The topological polar surface area (TPSA) is 107 Å². The Morgan fingerprint density at radius 2 is 2.00 bits per heavy atom. The Hall–Kier alpha value is -3.72. The zero-order valence-electron chi connectivity index (χ0n) is 19.2. The second-order valence-corrected chi connectivity index (χ2v) is 8.42. The molecule has 2 saturated heterocycles. The van der Waals surface area contributed by atoms with E-state index in [2.05, 4.69) is 19.9 Å². The molecule has 0 unspecified atom stereocenters. The van der Waals surface area contributed by atoms with Crippen molar-refractivity contribution in [3.05, 3.63) is 60.0 Å². The summed E-state index contributed by atoms with van der Waals surface area (Å²) >= 11 is 0. The third-order valence-corrected chi connectivity index (χ3v) is 6.37. The van der Waals surface area contributed by atoms with Crippen LogP contribution in [-0.4, -0.2) is 65.7 Å². The lowest BCUT2D eigenvalue weighted by Crippen LogP contribution is -2.37. The Bertz CT molecular complexity index is 1180. The predicted molar refractivity (Wildman–Crippen MR) is 129 cm³/mol. The number of nitrogens with zero attached hydrogens (tertiary/aromatic N) is 5. The fourth-order valence-corrected chi connectivity index (χ4v) is 4.65. The average molecular weight is 461 g/mol. The van der Waals surface area contributed by atoms with Crippen LogP contribution in [0.25, 0.3) is 11.1 Å². The Balaban J connectivity index is 1.47. The molecule has 9 heteroatoms. The van der Waals surface area contributed by atoms with Gasteiger partial charge in [0.2, 0.25) is 5.95 Å². The molecule has 176 valence electrons. The molecule has 0 radical (unpaired) electrons. The molecule has 9 nitrogen and oxygen atoms in total. The van der Waals surface area contributed by atoms with Gasteiger partial charge in [0.1, 0.15) is 11.6 Å². The number of aromatic nitrogens is 3. The van der Waals surface area contributed by atoms with Gasteiger partial charge in [-0.3, -0.25) is 4.79 Å². The second-order valence-electron chi connectivity index (χ2n) is 8.42. The average Bonchev–Trinajstić information content (AvgIpc) is 3.39. The highest BCUT2D eigenvalue weighted by molar-refractivity contribution is 5.95. The van der Waals surface area contributed by atoms with E-state index in [1.165, 1.54) is 0 Å². The standard InChI is InChI=1S/C25H28N6O3/c1-33-19-5-2-4-17(14-19)20-16-28-25(26)29-23(20)21-6-3-9-31(21)24(32)18-7-8-27-22(15-18)30-10-12-34-13-11-30/h2,4-5,7-8,14-16,21H,3,6,9-13H2,1H3,(H2,26,28,29)/t21-/m1/s1. The molecule has 2 fully saturated rings. The van der Waals surface area contributed by atoms with Gasteiger partial charge in [0.25, 0.3) is 5.91 Å².